The van der Waals surface area contributed by atoms with Gasteiger partial charge in [0.15, 0.2) is 5.16 Å². The maximum atomic E-state index is 13.2. The molecule has 2 N–H and O–H groups in total. The van der Waals surface area contributed by atoms with Crippen molar-refractivity contribution in [3.05, 3.63) is 95.6 Å². The molecule has 0 unspecified atom stereocenters. The zero-order valence-electron chi connectivity index (χ0n) is 15.1. The van der Waals surface area contributed by atoms with E-state index in [-0.39, 0.29) is 0 Å². The third-order valence-corrected chi connectivity index (χ3v) is 6.24. The van der Waals surface area contributed by atoms with E-state index >= 15 is 0 Å². The van der Waals surface area contributed by atoms with Gasteiger partial charge in [-0.3, -0.25) is 4.57 Å². The molecule has 0 saturated heterocycles. The van der Waals surface area contributed by atoms with Gasteiger partial charge < -0.3 is 19.3 Å². The fourth-order valence-electron chi connectivity index (χ4n) is 3.50. The molecule has 3 rings (SSSR count). The van der Waals surface area contributed by atoms with Crippen LogP contribution in [0.1, 0.15) is 16.7 Å². The Bertz CT molecular complexity index is 918. The first-order valence-electron chi connectivity index (χ1n) is 8.35. The Balaban J connectivity index is 2.54. The van der Waals surface area contributed by atoms with Crippen LogP contribution in [0.2, 0.25) is 0 Å². The summed E-state index contributed by atoms with van der Waals surface area (Å²) in [4.78, 5) is 21.5. The van der Waals surface area contributed by atoms with E-state index in [4.69, 9.17) is 9.47 Å². The number of rotatable bonds is 6. The van der Waals surface area contributed by atoms with Crippen LogP contribution in [0.4, 0.5) is 0 Å². The zero-order valence-corrected chi connectivity index (χ0v) is 16.0. The number of para-hydroxylation sites is 2. The Morgan fingerprint density at radius 2 is 1.11 bits per heavy atom. The van der Waals surface area contributed by atoms with Gasteiger partial charge >= 0.3 is 7.60 Å². The van der Waals surface area contributed by atoms with Crippen LogP contribution in [-0.4, -0.2) is 24.0 Å². The third kappa shape index (κ3) is 3.15. The summed E-state index contributed by atoms with van der Waals surface area (Å²) in [6.45, 7) is 0. The molecule has 0 aliphatic heterocycles. The molecule has 0 aromatic heterocycles. The van der Waals surface area contributed by atoms with Gasteiger partial charge in [0.2, 0.25) is 0 Å². The van der Waals surface area contributed by atoms with Crippen LogP contribution >= 0.6 is 7.60 Å². The predicted molar refractivity (Wildman–Crippen MR) is 104 cm³/mol. The van der Waals surface area contributed by atoms with Gasteiger partial charge in [-0.15, -0.1) is 0 Å². The third-order valence-electron chi connectivity index (χ3n) is 4.62. The van der Waals surface area contributed by atoms with E-state index in [2.05, 4.69) is 0 Å². The summed E-state index contributed by atoms with van der Waals surface area (Å²) >= 11 is 0. The van der Waals surface area contributed by atoms with Crippen molar-refractivity contribution in [2.45, 2.75) is 5.16 Å². The molecule has 5 nitrogen and oxygen atoms in total. The second-order valence-electron chi connectivity index (χ2n) is 6.02. The molecule has 0 aliphatic rings. The summed E-state index contributed by atoms with van der Waals surface area (Å²) in [7, 11) is -1.85. The SMILES string of the molecule is COc1ccccc1C(c1ccccc1)(c1ccccc1OC)P(=O)(O)O. The average molecular weight is 384 g/mol. The summed E-state index contributed by atoms with van der Waals surface area (Å²) in [6.07, 6.45) is 0. The van der Waals surface area contributed by atoms with Gasteiger partial charge in [-0.2, -0.15) is 0 Å². The quantitative estimate of drug-likeness (QED) is 0.493. The number of benzene rings is 3. The first-order valence-corrected chi connectivity index (χ1v) is 9.96. The Labute approximate surface area is 158 Å². The number of hydrogen-bond acceptors (Lipinski definition) is 3. The van der Waals surface area contributed by atoms with Crippen molar-refractivity contribution in [2.24, 2.45) is 0 Å². The fraction of sp³-hybridized carbons (Fsp3) is 0.143. The summed E-state index contributed by atoms with van der Waals surface area (Å²) in [5.74, 6) is 0.770. The monoisotopic (exact) mass is 384 g/mol. The lowest BCUT2D eigenvalue weighted by molar-refractivity contribution is 0.339. The fourth-order valence-corrected chi connectivity index (χ4v) is 4.99. The van der Waals surface area contributed by atoms with Crippen molar-refractivity contribution < 1.29 is 23.8 Å². The molecule has 0 spiro atoms. The molecule has 0 radical (unpaired) electrons. The molecule has 0 amide bonds. The van der Waals surface area contributed by atoms with E-state index in [1.165, 1.54) is 14.2 Å². The highest BCUT2D eigenvalue weighted by atomic mass is 31.2. The largest absolute Gasteiger partial charge is 0.496 e. The molecule has 27 heavy (non-hydrogen) atoms. The lowest BCUT2D eigenvalue weighted by Gasteiger charge is -2.37. The molecule has 6 heteroatoms. The van der Waals surface area contributed by atoms with Crippen molar-refractivity contribution in [3.8, 4) is 11.5 Å². The summed E-state index contributed by atoms with van der Waals surface area (Å²) in [6, 6.07) is 22.5. The van der Waals surface area contributed by atoms with Gasteiger partial charge in [0.1, 0.15) is 11.5 Å². The van der Waals surface area contributed by atoms with Crippen LogP contribution in [0.25, 0.3) is 0 Å². The second-order valence-corrected chi connectivity index (χ2v) is 7.78. The van der Waals surface area contributed by atoms with Crippen LogP contribution in [0.3, 0.4) is 0 Å². The molecular weight excluding hydrogens is 363 g/mol. The summed E-state index contributed by atoms with van der Waals surface area (Å²) in [5.41, 5.74) is 1.19. The van der Waals surface area contributed by atoms with Gasteiger partial charge in [-0.05, 0) is 17.7 Å². The molecule has 0 atom stereocenters. The standard InChI is InChI=1S/C21H21O5P/c1-25-19-14-8-6-12-17(19)21(27(22,23)24,16-10-4-3-5-11-16)18-13-7-9-15-20(18)26-2/h3-15H,1-2H3,(H2,22,23,24). The number of ether oxygens (including phenoxy) is 2. The van der Waals surface area contributed by atoms with Gasteiger partial charge in [0, 0.05) is 11.1 Å². The van der Waals surface area contributed by atoms with Crippen LogP contribution in [0.15, 0.2) is 78.9 Å². The van der Waals surface area contributed by atoms with Crippen LogP contribution < -0.4 is 9.47 Å². The molecular formula is C21H21O5P. The average Bonchev–Trinajstić information content (AvgIpc) is 2.69. The van der Waals surface area contributed by atoms with Crippen LogP contribution in [0.5, 0.6) is 11.5 Å². The van der Waals surface area contributed by atoms with Gasteiger partial charge in [-0.25, -0.2) is 0 Å². The van der Waals surface area contributed by atoms with Crippen LogP contribution in [0, 0.1) is 0 Å². The smallest absolute Gasteiger partial charge is 0.345 e. The molecule has 0 saturated carbocycles. The minimum absolute atomic E-state index is 0.372. The van der Waals surface area contributed by atoms with E-state index in [0.29, 0.717) is 28.2 Å². The highest BCUT2D eigenvalue weighted by molar-refractivity contribution is 7.53. The van der Waals surface area contributed by atoms with Gasteiger partial charge in [-0.1, -0.05) is 66.7 Å². The lowest BCUT2D eigenvalue weighted by atomic mass is 9.83. The molecule has 0 heterocycles. The molecule has 0 fully saturated rings. The molecule has 3 aromatic rings. The lowest BCUT2D eigenvalue weighted by Crippen LogP contribution is -2.30. The maximum absolute atomic E-state index is 13.2. The van der Waals surface area contributed by atoms with Crippen molar-refractivity contribution in [1.29, 1.82) is 0 Å². The van der Waals surface area contributed by atoms with Gasteiger partial charge in [0.05, 0.1) is 14.2 Å². The van der Waals surface area contributed by atoms with Crippen LogP contribution in [-0.2, 0) is 9.72 Å². The van der Waals surface area contributed by atoms with E-state index < -0.39 is 12.8 Å². The van der Waals surface area contributed by atoms with E-state index in [1.807, 2.05) is 0 Å². The first-order chi connectivity index (χ1) is 13.0. The first kappa shape index (κ1) is 19.2. The van der Waals surface area contributed by atoms with Crippen molar-refractivity contribution >= 4 is 7.60 Å². The normalized spacial score (nSPS) is 11.9. The topological polar surface area (TPSA) is 76.0 Å². The van der Waals surface area contributed by atoms with Crippen molar-refractivity contribution in [2.75, 3.05) is 14.2 Å². The Morgan fingerprint density at radius 1 is 0.704 bits per heavy atom. The maximum Gasteiger partial charge on any atom is 0.345 e. The van der Waals surface area contributed by atoms with Crippen molar-refractivity contribution in [3.63, 3.8) is 0 Å². The highest BCUT2D eigenvalue weighted by Crippen LogP contribution is 2.66. The van der Waals surface area contributed by atoms with Crippen molar-refractivity contribution in [1.82, 2.24) is 0 Å². The Kier molecular flexibility index (Phi) is 5.38. The molecule has 140 valence electrons. The zero-order chi connectivity index (χ0) is 19.5. The summed E-state index contributed by atoms with van der Waals surface area (Å²) < 4.78 is 24.1. The second kappa shape index (κ2) is 7.57. The molecule has 3 aromatic carbocycles. The minimum Gasteiger partial charge on any atom is -0.496 e. The Hall–Kier alpha value is -2.59. The van der Waals surface area contributed by atoms with Gasteiger partial charge in [0.25, 0.3) is 0 Å². The number of hydrogen-bond donors (Lipinski definition) is 2. The molecule has 0 bridgehead atoms. The van der Waals surface area contributed by atoms with E-state index in [9.17, 15) is 14.4 Å². The van der Waals surface area contributed by atoms with E-state index in [0.717, 1.165) is 0 Å². The van der Waals surface area contributed by atoms with E-state index in [1.54, 1.807) is 78.9 Å². The minimum atomic E-state index is -4.81. The number of methoxy groups -OCH3 is 2. The molecule has 0 aliphatic carbocycles. The Morgan fingerprint density at radius 3 is 1.52 bits per heavy atom. The summed E-state index contributed by atoms with van der Waals surface area (Å²) in [5, 5.41) is -1.78. The predicted octanol–water partition coefficient (Wildman–Crippen LogP) is 4.17. The highest BCUT2D eigenvalue weighted by Gasteiger charge is 2.54.